The van der Waals surface area contributed by atoms with Crippen LogP contribution in [-0.2, 0) is 0 Å². The minimum Gasteiger partial charge on any atom is -0.392 e. The molecule has 1 aromatic rings. The number of hydrogen-bond donors (Lipinski definition) is 1. The Morgan fingerprint density at radius 3 is 2.81 bits per heavy atom. The summed E-state index contributed by atoms with van der Waals surface area (Å²) in [5.74, 6) is -0.296. The van der Waals surface area contributed by atoms with Crippen molar-refractivity contribution in [2.24, 2.45) is 0 Å². The molecule has 0 bridgehead atoms. The monoisotopic (exact) mass is 262 g/mol. The van der Waals surface area contributed by atoms with Crippen molar-refractivity contribution in [1.82, 2.24) is 9.88 Å². The van der Waals surface area contributed by atoms with Gasteiger partial charge in [-0.15, -0.1) is 0 Å². The summed E-state index contributed by atoms with van der Waals surface area (Å²) in [5.41, 5.74) is 0.282. The summed E-state index contributed by atoms with van der Waals surface area (Å²) in [6, 6.07) is 1.41. The first kappa shape index (κ1) is 13.2. The Morgan fingerprint density at radius 2 is 2.25 bits per heavy atom. The van der Waals surface area contributed by atoms with E-state index in [-0.39, 0.29) is 28.2 Å². The van der Waals surface area contributed by atoms with E-state index in [1.807, 2.05) is 0 Å². The molecule has 88 valence electrons. The zero-order chi connectivity index (χ0) is 12.3. The van der Waals surface area contributed by atoms with Crippen molar-refractivity contribution in [2.75, 3.05) is 13.6 Å². The van der Waals surface area contributed by atoms with Gasteiger partial charge in [0.05, 0.1) is 16.7 Å². The van der Waals surface area contributed by atoms with Gasteiger partial charge in [-0.1, -0.05) is 23.2 Å². The number of hydrogen-bond acceptors (Lipinski definition) is 3. The van der Waals surface area contributed by atoms with Crippen molar-refractivity contribution >= 4 is 29.1 Å². The zero-order valence-electron chi connectivity index (χ0n) is 8.94. The van der Waals surface area contributed by atoms with Gasteiger partial charge in [0.2, 0.25) is 0 Å². The SMILES string of the molecule is CC(O)CN(C)C(=O)c1cc(Cl)ncc1Cl. The molecule has 0 aliphatic heterocycles. The van der Waals surface area contributed by atoms with Crippen LogP contribution in [0.15, 0.2) is 12.3 Å². The number of carbonyl (C=O) groups is 1. The minimum atomic E-state index is -0.593. The number of aliphatic hydroxyl groups excluding tert-OH is 1. The molecule has 1 unspecified atom stereocenters. The highest BCUT2D eigenvalue weighted by Crippen LogP contribution is 2.19. The summed E-state index contributed by atoms with van der Waals surface area (Å²) < 4.78 is 0. The number of likely N-dealkylation sites (N-methyl/N-ethyl adjacent to an activating group) is 1. The largest absolute Gasteiger partial charge is 0.392 e. The van der Waals surface area contributed by atoms with Gasteiger partial charge >= 0.3 is 0 Å². The van der Waals surface area contributed by atoms with Gasteiger partial charge in [0, 0.05) is 19.8 Å². The normalized spacial score (nSPS) is 12.3. The lowest BCUT2D eigenvalue weighted by molar-refractivity contribution is 0.0704. The van der Waals surface area contributed by atoms with Crippen molar-refractivity contribution < 1.29 is 9.90 Å². The molecule has 1 N–H and O–H groups in total. The molecule has 0 fully saturated rings. The van der Waals surface area contributed by atoms with Crippen LogP contribution >= 0.6 is 23.2 Å². The molecule has 0 radical (unpaired) electrons. The average Bonchev–Trinajstić information content (AvgIpc) is 2.19. The maximum absolute atomic E-state index is 11.9. The van der Waals surface area contributed by atoms with Crippen LogP contribution in [0.5, 0.6) is 0 Å². The third-order valence-corrected chi connectivity index (χ3v) is 2.45. The lowest BCUT2D eigenvalue weighted by Gasteiger charge is -2.19. The molecule has 0 saturated carbocycles. The summed E-state index contributed by atoms with van der Waals surface area (Å²) >= 11 is 11.5. The predicted octanol–water partition coefficient (Wildman–Crippen LogP) is 1.84. The first-order valence-corrected chi connectivity index (χ1v) is 5.42. The molecule has 4 nitrogen and oxygen atoms in total. The number of aliphatic hydroxyl groups is 1. The Bertz CT molecular complexity index is 396. The molecule has 0 aromatic carbocycles. The highest BCUT2D eigenvalue weighted by molar-refractivity contribution is 6.35. The molecule has 0 spiro atoms. The summed E-state index contributed by atoms with van der Waals surface area (Å²) in [5, 5.41) is 9.63. The van der Waals surface area contributed by atoms with Crippen molar-refractivity contribution in [3.05, 3.63) is 28.0 Å². The summed E-state index contributed by atoms with van der Waals surface area (Å²) in [6.07, 6.45) is 0.734. The lowest BCUT2D eigenvalue weighted by Crippen LogP contribution is -2.33. The van der Waals surface area contributed by atoms with Gasteiger partial charge < -0.3 is 10.0 Å². The van der Waals surface area contributed by atoms with Crippen LogP contribution in [-0.4, -0.2) is 40.6 Å². The van der Waals surface area contributed by atoms with Gasteiger partial charge in [0.1, 0.15) is 5.15 Å². The highest BCUT2D eigenvalue weighted by Gasteiger charge is 2.17. The molecule has 1 aromatic heterocycles. The Labute approximate surface area is 104 Å². The van der Waals surface area contributed by atoms with E-state index < -0.39 is 6.10 Å². The van der Waals surface area contributed by atoms with E-state index in [0.29, 0.717) is 0 Å². The minimum absolute atomic E-state index is 0.207. The maximum atomic E-state index is 11.9. The molecule has 16 heavy (non-hydrogen) atoms. The van der Waals surface area contributed by atoms with Gasteiger partial charge in [0.15, 0.2) is 0 Å². The topological polar surface area (TPSA) is 53.4 Å². The van der Waals surface area contributed by atoms with Gasteiger partial charge in [-0.2, -0.15) is 0 Å². The third kappa shape index (κ3) is 3.33. The van der Waals surface area contributed by atoms with E-state index in [2.05, 4.69) is 4.98 Å². The van der Waals surface area contributed by atoms with Crippen molar-refractivity contribution in [1.29, 1.82) is 0 Å². The Hall–Kier alpha value is -0.840. The van der Waals surface area contributed by atoms with Gasteiger partial charge in [-0.25, -0.2) is 4.98 Å². The van der Waals surface area contributed by atoms with E-state index in [1.54, 1.807) is 14.0 Å². The molecule has 0 aliphatic carbocycles. The van der Waals surface area contributed by atoms with Crippen LogP contribution in [0.1, 0.15) is 17.3 Å². The second kappa shape index (κ2) is 5.48. The van der Waals surface area contributed by atoms with Crippen molar-refractivity contribution in [3.63, 3.8) is 0 Å². The second-order valence-electron chi connectivity index (χ2n) is 3.52. The molecule has 1 atom stereocenters. The Morgan fingerprint density at radius 1 is 1.62 bits per heavy atom. The molecule has 1 rings (SSSR count). The molecule has 1 heterocycles. The molecule has 0 saturated heterocycles. The number of pyridine rings is 1. The first-order chi connectivity index (χ1) is 7.41. The number of halogens is 2. The van der Waals surface area contributed by atoms with E-state index in [0.717, 1.165) is 0 Å². The fourth-order valence-electron chi connectivity index (χ4n) is 1.26. The number of amides is 1. The standard InChI is InChI=1S/C10H12Cl2N2O2/c1-6(15)5-14(2)10(16)7-3-9(12)13-4-8(7)11/h3-4,6,15H,5H2,1-2H3. The average molecular weight is 263 g/mol. The van der Waals surface area contributed by atoms with E-state index >= 15 is 0 Å². The van der Waals surface area contributed by atoms with Crippen LogP contribution in [0, 0.1) is 0 Å². The van der Waals surface area contributed by atoms with E-state index in [4.69, 9.17) is 23.2 Å². The maximum Gasteiger partial charge on any atom is 0.255 e. The highest BCUT2D eigenvalue weighted by atomic mass is 35.5. The van der Waals surface area contributed by atoms with Crippen LogP contribution in [0.2, 0.25) is 10.2 Å². The fraction of sp³-hybridized carbons (Fsp3) is 0.400. The molecular formula is C10H12Cl2N2O2. The first-order valence-electron chi connectivity index (χ1n) is 4.66. The smallest absolute Gasteiger partial charge is 0.255 e. The van der Waals surface area contributed by atoms with Crippen LogP contribution in [0.4, 0.5) is 0 Å². The van der Waals surface area contributed by atoms with E-state index in [9.17, 15) is 9.90 Å². The number of rotatable bonds is 3. The third-order valence-electron chi connectivity index (χ3n) is 1.94. The number of carbonyl (C=O) groups excluding carboxylic acids is 1. The quantitative estimate of drug-likeness (QED) is 0.846. The van der Waals surface area contributed by atoms with Gasteiger partial charge in [-0.05, 0) is 13.0 Å². The van der Waals surface area contributed by atoms with E-state index in [1.165, 1.54) is 17.2 Å². The Balaban J connectivity index is 2.91. The molecule has 1 amide bonds. The molecular weight excluding hydrogens is 251 g/mol. The van der Waals surface area contributed by atoms with Crippen LogP contribution < -0.4 is 0 Å². The molecule has 0 aliphatic rings. The Kier molecular flexibility index (Phi) is 4.53. The van der Waals surface area contributed by atoms with Crippen LogP contribution in [0.25, 0.3) is 0 Å². The van der Waals surface area contributed by atoms with Gasteiger partial charge in [-0.3, -0.25) is 4.79 Å². The summed E-state index contributed by atoms with van der Waals surface area (Å²) in [7, 11) is 1.58. The lowest BCUT2D eigenvalue weighted by atomic mass is 10.2. The fourth-order valence-corrected chi connectivity index (χ4v) is 1.60. The summed E-state index contributed by atoms with van der Waals surface area (Å²) in [4.78, 5) is 17.0. The zero-order valence-corrected chi connectivity index (χ0v) is 10.5. The van der Waals surface area contributed by atoms with Gasteiger partial charge in [0.25, 0.3) is 5.91 Å². The molecule has 6 heteroatoms. The van der Waals surface area contributed by atoms with Crippen molar-refractivity contribution in [2.45, 2.75) is 13.0 Å². The number of aromatic nitrogens is 1. The summed E-state index contributed by atoms with van der Waals surface area (Å²) in [6.45, 7) is 1.83. The second-order valence-corrected chi connectivity index (χ2v) is 4.32. The van der Waals surface area contributed by atoms with Crippen molar-refractivity contribution in [3.8, 4) is 0 Å². The predicted molar refractivity (Wildman–Crippen MR) is 62.9 cm³/mol. The van der Waals surface area contributed by atoms with Crippen LogP contribution in [0.3, 0.4) is 0 Å². The number of nitrogens with zero attached hydrogens (tertiary/aromatic N) is 2.